The van der Waals surface area contributed by atoms with Crippen molar-refractivity contribution in [1.29, 1.82) is 0 Å². The molecule has 1 saturated heterocycles. The molecule has 0 atom stereocenters. The van der Waals surface area contributed by atoms with Crippen molar-refractivity contribution in [2.75, 3.05) is 13.1 Å². The van der Waals surface area contributed by atoms with Crippen LogP contribution in [0.1, 0.15) is 17.2 Å². The van der Waals surface area contributed by atoms with E-state index in [1.165, 1.54) is 5.69 Å². The van der Waals surface area contributed by atoms with Crippen LogP contribution in [0.4, 0.5) is 4.39 Å². The summed E-state index contributed by atoms with van der Waals surface area (Å²) in [6.07, 6.45) is 3.68. The van der Waals surface area contributed by atoms with Gasteiger partial charge in [-0.25, -0.2) is 9.37 Å². The zero-order chi connectivity index (χ0) is 12.7. The summed E-state index contributed by atoms with van der Waals surface area (Å²) in [7, 11) is 0. The van der Waals surface area contributed by atoms with Crippen molar-refractivity contribution in [3.8, 4) is 5.69 Å². The molecule has 94 valence electrons. The summed E-state index contributed by atoms with van der Waals surface area (Å²) in [5.41, 5.74) is 3.06. The second kappa shape index (κ2) is 4.48. The highest BCUT2D eigenvalue weighted by atomic mass is 79.9. The molecular weight excluding hydrogens is 297 g/mol. The quantitative estimate of drug-likeness (QED) is 0.924. The number of nitrogens with zero attached hydrogens (tertiary/aromatic N) is 2. The molecule has 1 aromatic carbocycles. The largest absolute Gasteiger partial charge is 0.315 e. The molecule has 5 heteroatoms. The Morgan fingerprint density at radius 2 is 2.22 bits per heavy atom. The molecule has 1 aliphatic heterocycles. The van der Waals surface area contributed by atoms with Gasteiger partial charge in [0, 0.05) is 30.9 Å². The lowest BCUT2D eigenvalue weighted by atomic mass is 9.99. The highest BCUT2D eigenvalue weighted by Gasteiger charge is 2.23. The van der Waals surface area contributed by atoms with Gasteiger partial charge in [-0.2, -0.15) is 0 Å². The molecule has 0 amide bonds. The highest BCUT2D eigenvalue weighted by Crippen LogP contribution is 2.27. The summed E-state index contributed by atoms with van der Waals surface area (Å²) in [4.78, 5) is 4.22. The predicted molar refractivity (Wildman–Crippen MR) is 71.6 cm³/mol. The molecule has 0 unspecified atom stereocenters. The molecule has 0 radical (unpaired) electrons. The van der Waals surface area contributed by atoms with E-state index in [4.69, 9.17) is 0 Å². The van der Waals surface area contributed by atoms with Gasteiger partial charge >= 0.3 is 0 Å². The van der Waals surface area contributed by atoms with Gasteiger partial charge in [-0.05, 0) is 40.5 Å². The van der Waals surface area contributed by atoms with Gasteiger partial charge in [-0.3, -0.25) is 0 Å². The number of imidazole rings is 1. The first kappa shape index (κ1) is 11.9. The fourth-order valence-corrected chi connectivity index (χ4v) is 2.53. The highest BCUT2D eigenvalue weighted by molar-refractivity contribution is 9.10. The van der Waals surface area contributed by atoms with Gasteiger partial charge in [0.1, 0.15) is 5.82 Å². The van der Waals surface area contributed by atoms with Crippen LogP contribution in [-0.2, 0) is 0 Å². The first-order chi connectivity index (χ1) is 8.66. The van der Waals surface area contributed by atoms with Crippen molar-refractivity contribution in [2.45, 2.75) is 12.8 Å². The van der Waals surface area contributed by atoms with Crippen LogP contribution in [0.15, 0.2) is 29.1 Å². The monoisotopic (exact) mass is 309 g/mol. The average Bonchev–Trinajstić information content (AvgIpc) is 2.70. The van der Waals surface area contributed by atoms with Crippen LogP contribution in [0.25, 0.3) is 5.69 Å². The van der Waals surface area contributed by atoms with E-state index >= 15 is 0 Å². The van der Waals surface area contributed by atoms with Crippen molar-refractivity contribution < 1.29 is 4.39 Å². The molecule has 18 heavy (non-hydrogen) atoms. The number of rotatable bonds is 2. The molecular formula is C13H13BrFN3. The Kier molecular flexibility index (Phi) is 2.95. The van der Waals surface area contributed by atoms with E-state index in [1.807, 2.05) is 23.8 Å². The molecule has 0 bridgehead atoms. The molecule has 2 aromatic rings. The Hall–Kier alpha value is -1.20. The summed E-state index contributed by atoms with van der Waals surface area (Å²) >= 11 is 3.24. The van der Waals surface area contributed by atoms with Crippen molar-refractivity contribution in [2.24, 2.45) is 0 Å². The number of benzene rings is 1. The van der Waals surface area contributed by atoms with E-state index in [-0.39, 0.29) is 5.82 Å². The van der Waals surface area contributed by atoms with Crippen molar-refractivity contribution in [3.63, 3.8) is 0 Å². The summed E-state index contributed by atoms with van der Waals surface area (Å²) in [6, 6.07) is 3.35. The summed E-state index contributed by atoms with van der Waals surface area (Å²) in [5, 5.41) is 3.25. The Bertz CT molecular complexity index is 590. The lowest BCUT2D eigenvalue weighted by molar-refractivity contribution is 0.435. The van der Waals surface area contributed by atoms with Crippen LogP contribution in [0.2, 0.25) is 0 Å². The minimum absolute atomic E-state index is 0.233. The van der Waals surface area contributed by atoms with Crippen LogP contribution in [0.3, 0.4) is 0 Å². The smallest absolute Gasteiger partial charge is 0.137 e. The molecule has 0 aliphatic carbocycles. The van der Waals surface area contributed by atoms with Crippen LogP contribution >= 0.6 is 15.9 Å². The van der Waals surface area contributed by atoms with Gasteiger partial charge in [0.05, 0.1) is 16.5 Å². The third-order valence-electron chi connectivity index (χ3n) is 3.37. The minimum atomic E-state index is -0.233. The lowest BCUT2D eigenvalue weighted by Gasteiger charge is -2.28. The Morgan fingerprint density at radius 1 is 1.44 bits per heavy atom. The number of halogens is 2. The topological polar surface area (TPSA) is 29.9 Å². The SMILES string of the molecule is Cc1cc(F)c(Br)cc1-n1cncc1C1CNC1. The van der Waals surface area contributed by atoms with Gasteiger partial charge in [-0.15, -0.1) is 0 Å². The van der Waals surface area contributed by atoms with E-state index in [9.17, 15) is 4.39 Å². The molecule has 2 heterocycles. The van der Waals surface area contributed by atoms with E-state index in [0.29, 0.717) is 10.4 Å². The van der Waals surface area contributed by atoms with E-state index < -0.39 is 0 Å². The maximum absolute atomic E-state index is 13.5. The summed E-state index contributed by atoms with van der Waals surface area (Å²) in [6.45, 7) is 3.87. The number of nitrogens with one attached hydrogen (secondary N) is 1. The van der Waals surface area contributed by atoms with Crippen LogP contribution in [-0.4, -0.2) is 22.6 Å². The zero-order valence-electron chi connectivity index (χ0n) is 9.95. The fraction of sp³-hybridized carbons (Fsp3) is 0.308. The molecule has 0 saturated carbocycles. The van der Waals surface area contributed by atoms with Gasteiger partial charge < -0.3 is 9.88 Å². The molecule has 1 N–H and O–H groups in total. The zero-order valence-corrected chi connectivity index (χ0v) is 11.5. The second-order valence-electron chi connectivity index (χ2n) is 4.60. The van der Waals surface area contributed by atoms with Gasteiger partial charge in [0.15, 0.2) is 0 Å². The maximum Gasteiger partial charge on any atom is 0.137 e. The molecule has 0 spiro atoms. The van der Waals surface area contributed by atoms with E-state index in [0.717, 1.165) is 24.3 Å². The molecule has 1 aromatic heterocycles. The normalized spacial score (nSPS) is 15.7. The van der Waals surface area contributed by atoms with Gasteiger partial charge in [0.2, 0.25) is 0 Å². The Balaban J connectivity index is 2.09. The van der Waals surface area contributed by atoms with Crippen molar-refractivity contribution in [1.82, 2.24) is 14.9 Å². The maximum atomic E-state index is 13.5. The van der Waals surface area contributed by atoms with Gasteiger partial charge in [-0.1, -0.05) is 0 Å². The van der Waals surface area contributed by atoms with Crippen LogP contribution in [0.5, 0.6) is 0 Å². The third-order valence-corrected chi connectivity index (χ3v) is 3.97. The van der Waals surface area contributed by atoms with Crippen molar-refractivity contribution >= 4 is 15.9 Å². The Labute approximate surface area is 113 Å². The first-order valence-corrected chi connectivity index (χ1v) is 6.65. The molecule has 3 rings (SSSR count). The minimum Gasteiger partial charge on any atom is -0.315 e. The fourth-order valence-electron chi connectivity index (χ4n) is 2.20. The lowest BCUT2D eigenvalue weighted by Crippen LogP contribution is -2.40. The predicted octanol–water partition coefficient (Wildman–Crippen LogP) is 2.77. The third kappa shape index (κ3) is 1.87. The number of hydrogen-bond donors (Lipinski definition) is 1. The van der Waals surface area contributed by atoms with E-state index in [2.05, 4.69) is 26.2 Å². The molecule has 3 nitrogen and oxygen atoms in total. The second-order valence-corrected chi connectivity index (χ2v) is 5.45. The standard InChI is InChI=1S/C13H13BrFN3/c1-8-2-11(15)10(14)3-12(8)18-7-17-6-13(18)9-4-16-5-9/h2-3,6-7,9,16H,4-5H2,1H3. The number of aromatic nitrogens is 2. The average molecular weight is 310 g/mol. The number of hydrogen-bond acceptors (Lipinski definition) is 2. The van der Waals surface area contributed by atoms with Gasteiger partial charge in [0.25, 0.3) is 0 Å². The Morgan fingerprint density at radius 3 is 2.89 bits per heavy atom. The van der Waals surface area contributed by atoms with Crippen molar-refractivity contribution in [3.05, 3.63) is 46.2 Å². The van der Waals surface area contributed by atoms with Crippen LogP contribution in [0, 0.1) is 12.7 Å². The summed E-state index contributed by atoms with van der Waals surface area (Å²) < 4.78 is 16.0. The molecule has 1 aliphatic rings. The first-order valence-electron chi connectivity index (χ1n) is 5.86. The molecule has 1 fully saturated rings. The summed E-state index contributed by atoms with van der Waals surface area (Å²) in [5.74, 6) is 0.263. The van der Waals surface area contributed by atoms with E-state index in [1.54, 1.807) is 12.4 Å². The van der Waals surface area contributed by atoms with Crippen LogP contribution < -0.4 is 5.32 Å². The number of aryl methyl sites for hydroxylation is 1.